The summed E-state index contributed by atoms with van der Waals surface area (Å²) in [6.45, 7) is 8.21. The number of fused-ring (bicyclic) bond motifs is 1. The van der Waals surface area contributed by atoms with Gasteiger partial charge in [0.25, 0.3) is 0 Å². The predicted octanol–water partition coefficient (Wildman–Crippen LogP) is 3.26. The van der Waals surface area contributed by atoms with E-state index in [1.54, 1.807) is 6.07 Å². The summed E-state index contributed by atoms with van der Waals surface area (Å²) in [5, 5.41) is 3.59. The molecule has 0 radical (unpaired) electrons. The largest absolute Gasteiger partial charge is 0.494 e. The van der Waals surface area contributed by atoms with Gasteiger partial charge in [0.1, 0.15) is 0 Å². The zero-order valence-corrected chi connectivity index (χ0v) is 17.4. The van der Waals surface area contributed by atoms with Crippen molar-refractivity contribution < 1.29 is 13.9 Å². The van der Waals surface area contributed by atoms with Crippen molar-refractivity contribution in [1.29, 1.82) is 0 Å². The summed E-state index contributed by atoms with van der Waals surface area (Å²) >= 11 is 0. The van der Waals surface area contributed by atoms with Gasteiger partial charge < -0.3 is 19.7 Å². The summed E-state index contributed by atoms with van der Waals surface area (Å²) in [5.41, 5.74) is 3.28. The Morgan fingerprint density at radius 1 is 1.31 bits per heavy atom. The lowest BCUT2D eigenvalue weighted by Crippen LogP contribution is -2.39. The van der Waals surface area contributed by atoms with E-state index in [9.17, 15) is 4.39 Å². The van der Waals surface area contributed by atoms with Crippen LogP contribution >= 0.6 is 0 Å². The molecule has 156 valence electrons. The molecule has 1 N–H and O–H groups in total. The van der Waals surface area contributed by atoms with Gasteiger partial charge in [0.15, 0.2) is 11.6 Å². The van der Waals surface area contributed by atoms with E-state index in [-0.39, 0.29) is 23.0 Å². The summed E-state index contributed by atoms with van der Waals surface area (Å²) in [7, 11) is 1.47. The normalized spacial score (nSPS) is 21.0. The van der Waals surface area contributed by atoms with Gasteiger partial charge in [-0.25, -0.2) is 14.4 Å². The zero-order valence-electron chi connectivity index (χ0n) is 17.4. The number of methoxy groups -OCH3 is 1. The number of nitrogens with zero attached hydrogens (tertiary/aromatic N) is 3. The summed E-state index contributed by atoms with van der Waals surface area (Å²) in [5.74, 6) is 0.720. The highest BCUT2D eigenvalue weighted by Gasteiger charge is 2.34. The summed E-state index contributed by atoms with van der Waals surface area (Å²) in [6, 6.07) is 5.22. The highest BCUT2D eigenvalue weighted by Crippen LogP contribution is 2.40. The van der Waals surface area contributed by atoms with E-state index >= 15 is 0 Å². The Morgan fingerprint density at radius 3 is 2.83 bits per heavy atom. The van der Waals surface area contributed by atoms with E-state index in [2.05, 4.69) is 29.0 Å². The van der Waals surface area contributed by atoms with Crippen molar-refractivity contribution >= 4 is 5.95 Å². The molecular formula is C22H29FN4O2. The molecule has 7 heteroatoms. The molecule has 1 aromatic heterocycles. The Kier molecular flexibility index (Phi) is 5.69. The van der Waals surface area contributed by atoms with Crippen LogP contribution in [0.1, 0.15) is 43.1 Å². The Morgan fingerprint density at radius 2 is 2.10 bits per heavy atom. The van der Waals surface area contributed by atoms with Crippen molar-refractivity contribution in [1.82, 2.24) is 15.3 Å². The topological polar surface area (TPSA) is 59.5 Å². The van der Waals surface area contributed by atoms with Crippen LogP contribution in [0, 0.1) is 11.2 Å². The van der Waals surface area contributed by atoms with Gasteiger partial charge >= 0.3 is 0 Å². The quantitative estimate of drug-likeness (QED) is 0.831. The van der Waals surface area contributed by atoms with Crippen LogP contribution in [-0.4, -0.2) is 43.4 Å². The van der Waals surface area contributed by atoms with Crippen molar-refractivity contribution in [2.75, 3.05) is 38.3 Å². The van der Waals surface area contributed by atoms with Gasteiger partial charge in [-0.05, 0) is 36.0 Å². The van der Waals surface area contributed by atoms with Gasteiger partial charge in [0.2, 0.25) is 5.95 Å². The molecule has 1 aliphatic carbocycles. The molecule has 0 amide bonds. The molecule has 2 heterocycles. The molecule has 2 aliphatic rings. The fraction of sp³-hybridized carbons (Fsp3) is 0.545. The molecule has 2 aromatic rings. The molecule has 29 heavy (non-hydrogen) atoms. The highest BCUT2D eigenvalue weighted by atomic mass is 19.1. The molecule has 1 atom stereocenters. The summed E-state index contributed by atoms with van der Waals surface area (Å²) < 4.78 is 24.5. The van der Waals surface area contributed by atoms with Gasteiger partial charge in [-0.15, -0.1) is 0 Å². The lowest BCUT2D eigenvalue weighted by molar-refractivity contribution is 0.122. The first-order valence-corrected chi connectivity index (χ1v) is 10.2. The maximum absolute atomic E-state index is 14.0. The minimum atomic E-state index is -0.338. The first kappa shape index (κ1) is 20.0. The molecule has 1 aromatic carbocycles. The van der Waals surface area contributed by atoms with Crippen molar-refractivity contribution in [2.24, 2.45) is 5.41 Å². The van der Waals surface area contributed by atoms with Gasteiger partial charge in [-0.3, -0.25) is 0 Å². The van der Waals surface area contributed by atoms with Crippen LogP contribution in [0.2, 0.25) is 0 Å². The fourth-order valence-corrected chi connectivity index (χ4v) is 4.20. The average molecular weight is 400 g/mol. The standard InChI is InChI=1S/C22H29FN4O2/c1-22(2)11-18(24-13-15-4-5-20(28-3)17(23)10-15)16-14-25-21(26-19(16)12-22)27-6-8-29-9-7-27/h4-5,10,14,18,24H,6-9,11-13H2,1-3H3/t18-/m0/s1. The third-order valence-corrected chi connectivity index (χ3v) is 5.73. The number of rotatable bonds is 5. The van der Waals surface area contributed by atoms with Crippen LogP contribution in [0.5, 0.6) is 5.75 Å². The number of halogens is 1. The third kappa shape index (κ3) is 4.51. The number of hydrogen-bond acceptors (Lipinski definition) is 6. The van der Waals surface area contributed by atoms with Crippen LogP contribution in [0.3, 0.4) is 0 Å². The summed E-state index contributed by atoms with van der Waals surface area (Å²) in [4.78, 5) is 11.8. The molecule has 6 nitrogen and oxygen atoms in total. The molecule has 0 bridgehead atoms. The minimum Gasteiger partial charge on any atom is -0.494 e. The number of anilines is 1. The Hall–Kier alpha value is -2.25. The molecule has 1 fully saturated rings. The highest BCUT2D eigenvalue weighted by molar-refractivity contribution is 5.37. The second kappa shape index (κ2) is 8.24. The number of benzene rings is 1. The van der Waals surface area contributed by atoms with Crippen LogP contribution in [0.15, 0.2) is 24.4 Å². The SMILES string of the molecule is COc1ccc(CN[C@H]2CC(C)(C)Cc3nc(N4CCOCC4)ncc32)cc1F. The van der Waals surface area contributed by atoms with Gasteiger partial charge in [-0.1, -0.05) is 19.9 Å². The smallest absolute Gasteiger partial charge is 0.225 e. The number of hydrogen-bond donors (Lipinski definition) is 1. The van der Waals surface area contributed by atoms with Crippen molar-refractivity contribution in [3.8, 4) is 5.75 Å². The second-order valence-corrected chi connectivity index (χ2v) is 8.62. The van der Waals surface area contributed by atoms with Crippen molar-refractivity contribution in [3.05, 3.63) is 47.0 Å². The molecule has 0 saturated carbocycles. The van der Waals surface area contributed by atoms with Gasteiger partial charge in [-0.2, -0.15) is 0 Å². The van der Waals surface area contributed by atoms with Crippen LogP contribution < -0.4 is 15.0 Å². The predicted molar refractivity (Wildman–Crippen MR) is 110 cm³/mol. The average Bonchev–Trinajstić information content (AvgIpc) is 2.71. The van der Waals surface area contributed by atoms with Crippen molar-refractivity contribution in [3.63, 3.8) is 0 Å². The molecular weight excluding hydrogens is 371 g/mol. The molecule has 1 saturated heterocycles. The molecule has 4 rings (SSSR count). The Labute approximate surface area is 171 Å². The van der Waals surface area contributed by atoms with Crippen LogP contribution in [0.4, 0.5) is 10.3 Å². The lowest BCUT2D eigenvalue weighted by Gasteiger charge is -2.37. The maximum atomic E-state index is 14.0. The van der Waals surface area contributed by atoms with Crippen molar-refractivity contribution in [2.45, 2.75) is 39.3 Å². The van der Waals surface area contributed by atoms with E-state index < -0.39 is 0 Å². The minimum absolute atomic E-state index is 0.131. The fourth-order valence-electron chi connectivity index (χ4n) is 4.20. The summed E-state index contributed by atoms with van der Waals surface area (Å²) in [6.07, 6.45) is 3.88. The van der Waals surface area contributed by atoms with E-state index in [4.69, 9.17) is 14.5 Å². The number of morpholine rings is 1. The molecule has 0 spiro atoms. The van der Waals surface area contributed by atoms with Crippen LogP contribution in [-0.2, 0) is 17.7 Å². The first-order valence-electron chi connectivity index (χ1n) is 10.2. The number of nitrogens with one attached hydrogen (secondary N) is 1. The number of aromatic nitrogens is 2. The third-order valence-electron chi connectivity index (χ3n) is 5.73. The van der Waals surface area contributed by atoms with E-state index in [0.717, 1.165) is 48.7 Å². The lowest BCUT2D eigenvalue weighted by atomic mass is 9.74. The number of ether oxygens (including phenoxy) is 2. The van der Waals surface area contributed by atoms with E-state index in [1.807, 2.05) is 12.3 Å². The monoisotopic (exact) mass is 400 g/mol. The first-order chi connectivity index (χ1) is 13.9. The molecule has 0 unspecified atom stereocenters. The Balaban J connectivity index is 1.53. The second-order valence-electron chi connectivity index (χ2n) is 8.62. The zero-order chi connectivity index (χ0) is 20.4. The maximum Gasteiger partial charge on any atom is 0.225 e. The van der Waals surface area contributed by atoms with Gasteiger partial charge in [0, 0.05) is 37.4 Å². The van der Waals surface area contributed by atoms with E-state index in [1.165, 1.54) is 13.2 Å². The molecule has 1 aliphatic heterocycles. The van der Waals surface area contributed by atoms with Crippen LogP contribution in [0.25, 0.3) is 0 Å². The van der Waals surface area contributed by atoms with Gasteiger partial charge in [0.05, 0.1) is 26.0 Å². The van der Waals surface area contributed by atoms with E-state index in [0.29, 0.717) is 19.8 Å². The Bertz CT molecular complexity index is 868.